The van der Waals surface area contributed by atoms with E-state index in [1.54, 1.807) is 0 Å². The van der Waals surface area contributed by atoms with E-state index >= 15 is 0 Å². The molecule has 2 amide bonds. The molecule has 0 aliphatic heterocycles. The molecular formula is C25H26N4O5. The number of aromatic amines is 1. The van der Waals surface area contributed by atoms with Gasteiger partial charge in [-0.2, -0.15) is 0 Å². The minimum atomic E-state index is -1.40. The van der Waals surface area contributed by atoms with E-state index in [2.05, 4.69) is 20.6 Å². The molecule has 1 atom stereocenters. The Kier molecular flexibility index (Phi) is 6.36. The summed E-state index contributed by atoms with van der Waals surface area (Å²) in [6, 6.07) is 14.8. The van der Waals surface area contributed by atoms with E-state index in [9.17, 15) is 19.5 Å². The number of benzene rings is 2. The molecular weight excluding hydrogens is 436 g/mol. The van der Waals surface area contributed by atoms with Gasteiger partial charge in [-0.1, -0.05) is 48.5 Å². The summed E-state index contributed by atoms with van der Waals surface area (Å²) in [5.74, 6) is -1.95. The average Bonchev–Trinajstić information content (AvgIpc) is 3.43. The van der Waals surface area contributed by atoms with Crippen LogP contribution in [0.4, 0.5) is 4.79 Å². The van der Waals surface area contributed by atoms with Gasteiger partial charge < -0.3 is 25.5 Å². The molecule has 9 heteroatoms. The fraction of sp³-hybridized carbons (Fsp3) is 0.280. The summed E-state index contributed by atoms with van der Waals surface area (Å²) in [6.07, 6.45) is 2.19. The number of imidazole rings is 1. The predicted octanol–water partition coefficient (Wildman–Crippen LogP) is 2.84. The average molecular weight is 463 g/mol. The fourth-order valence-corrected chi connectivity index (χ4v) is 4.10. The zero-order valence-corrected chi connectivity index (χ0v) is 18.9. The van der Waals surface area contributed by atoms with Gasteiger partial charge in [0.1, 0.15) is 18.2 Å². The second kappa shape index (κ2) is 9.38. The van der Waals surface area contributed by atoms with Crippen molar-refractivity contribution in [2.24, 2.45) is 0 Å². The minimum absolute atomic E-state index is 0.0299. The van der Waals surface area contributed by atoms with Crippen molar-refractivity contribution in [2.75, 3.05) is 6.61 Å². The number of carboxylic acids is 1. The molecule has 1 aliphatic carbocycles. The number of rotatable bonds is 8. The highest BCUT2D eigenvalue weighted by Gasteiger charge is 2.34. The lowest BCUT2D eigenvalue weighted by atomic mass is 9.98. The number of nitrogens with zero attached hydrogens (tertiary/aromatic N) is 1. The Bertz CT molecular complexity index is 1160. The lowest BCUT2D eigenvalue weighted by Crippen LogP contribution is -2.58. The Hall–Kier alpha value is -4.14. The zero-order valence-electron chi connectivity index (χ0n) is 18.9. The molecule has 0 radical (unpaired) electrons. The summed E-state index contributed by atoms with van der Waals surface area (Å²) < 4.78 is 5.50. The molecule has 0 saturated carbocycles. The van der Waals surface area contributed by atoms with Crippen LogP contribution < -0.4 is 10.6 Å². The Morgan fingerprint density at radius 3 is 2.26 bits per heavy atom. The molecule has 0 unspecified atom stereocenters. The van der Waals surface area contributed by atoms with Gasteiger partial charge in [-0.15, -0.1) is 0 Å². The summed E-state index contributed by atoms with van der Waals surface area (Å²) in [5, 5.41) is 14.5. The molecule has 0 saturated heterocycles. The van der Waals surface area contributed by atoms with E-state index in [1.165, 1.54) is 26.4 Å². The van der Waals surface area contributed by atoms with Crippen molar-refractivity contribution in [3.63, 3.8) is 0 Å². The van der Waals surface area contributed by atoms with Crippen LogP contribution in [0.5, 0.6) is 0 Å². The van der Waals surface area contributed by atoms with Crippen LogP contribution in [0.1, 0.15) is 36.6 Å². The monoisotopic (exact) mass is 462 g/mol. The van der Waals surface area contributed by atoms with E-state index in [0.29, 0.717) is 5.69 Å². The minimum Gasteiger partial charge on any atom is -0.480 e. The number of fused-ring (bicyclic) bond motifs is 3. The van der Waals surface area contributed by atoms with Crippen molar-refractivity contribution >= 4 is 18.0 Å². The molecule has 9 nitrogen and oxygen atoms in total. The Morgan fingerprint density at radius 2 is 1.71 bits per heavy atom. The lowest BCUT2D eigenvalue weighted by Gasteiger charge is -2.27. The van der Waals surface area contributed by atoms with Gasteiger partial charge in [0.2, 0.25) is 5.91 Å². The van der Waals surface area contributed by atoms with E-state index in [1.807, 2.05) is 48.5 Å². The highest BCUT2D eigenvalue weighted by atomic mass is 16.5. The topological polar surface area (TPSA) is 133 Å². The van der Waals surface area contributed by atoms with Gasteiger partial charge in [-0.25, -0.2) is 14.6 Å². The van der Waals surface area contributed by atoms with Gasteiger partial charge in [0.25, 0.3) is 0 Å². The second-order valence-corrected chi connectivity index (χ2v) is 8.72. The van der Waals surface area contributed by atoms with Crippen molar-refractivity contribution < 1.29 is 24.2 Å². The number of hydrogen-bond acceptors (Lipinski definition) is 5. The van der Waals surface area contributed by atoms with Crippen LogP contribution in [0, 0.1) is 0 Å². The number of amides is 2. The number of alkyl carbamates (subject to hydrolysis) is 1. The molecule has 0 bridgehead atoms. The maximum absolute atomic E-state index is 12.8. The van der Waals surface area contributed by atoms with Crippen molar-refractivity contribution in [3.8, 4) is 11.1 Å². The van der Waals surface area contributed by atoms with Crippen molar-refractivity contribution in [1.29, 1.82) is 0 Å². The SMILES string of the molecule is CC(C)(NC(=O)OCC1c2ccccc2-c2ccccc21)C(=O)N[C@@H](Cc1cnc[nH]1)C(=O)O. The molecule has 4 rings (SSSR count). The van der Waals surface area contributed by atoms with E-state index in [0.717, 1.165) is 22.3 Å². The van der Waals surface area contributed by atoms with Crippen LogP contribution in [-0.2, 0) is 20.7 Å². The zero-order chi connectivity index (χ0) is 24.3. The number of carbonyl (C=O) groups excluding carboxylic acids is 2. The van der Waals surface area contributed by atoms with Crippen LogP contribution in [-0.4, -0.2) is 51.2 Å². The molecule has 4 N–H and O–H groups in total. The summed E-state index contributed by atoms with van der Waals surface area (Å²) >= 11 is 0. The van der Waals surface area contributed by atoms with Crippen LogP contribution in [0.25, 0.3) is 11.1 Å². The third-order valence-electron chi connectivity index (χ3n) is 5.91. The fourth-order valence-electron chi connectivity index (χ4n) is 4.10. The number of aromatic nitrogens is 2. The molecule has 0 fully saturated rings. The van der Waals surface area contributed by atoms with Crippen LogP contribution in [0.3, 0.4) is 0 Å². The van der Waals surface area contributed by atoms with E-state index in [-0.39, 0.29) is 18.9 Å². The van der Waals surface area contributed by atoms with Crippen molar-refractivity contribution in [1.82, 2.24) is 20.6 Å². The number of H-pyrrole nitrogens is 1. The first-order valence-electron chi connectivity index (χ1n) is 10.9. The molecule has 1 aromatic heterocycles. The normalized spacial score (nSPS) is 13.5. The number of aliphatic carboxylic acids is 1. The molecule has 1 aliphatic rings. The van der Waals surface area contributed by atoms with Gasteiger partial charge in [-0.05, 0) is 36.1 Å². The Labute approximate surface area is 196 Å². The lowest BCUT2D eigenvalue weighted by molar-refractivity contribution is -0.142. The number of carbonyl (C=O) groups is 3. The number of ether oxygens (including phenoxy) is 1. The standard InChI is InChI=1S/C25H26N4O5/c1-25(2,23(32)28-21(22(30)31)11-15-12-26-14-27-15)29-24(33)34-13-20-18-9-5-3-7-16(18)17-8-4-6-10-19(17)20/h3-10,12,14,20-21H,11,13H2,1-2H3,(H,26,27)(H,28,32)(H,29,33)(H,30,31)/t21-/m0/s1. The molecule has 0 spiro atoms. The molecule has 176 valence electrons. The largest absolute Gasteiger partial charge is 0.480 e. The number of carboxylic acid groups (broad SMARTS) is 1. The van der Waals surface area contributed by atoms with Gasteiger partial charge in [0, 0.05) is 24.2 Å². The first-order chi connectivity index (χ1) is 16.3. The van der Waals surface area contributed by atoms with Crippen LogP contribution >= 0.6 is 0 Å². The highest BCUT2D eigenvalue weighted by molar-refractivity contribution is 5.92. The summed E-state index contributed by atoms with van der Waals surface area (Å²) in [5.41, 5.74) is 3.56. The Morgan fingerprint density at radius 1 is 1.09 bits per heavy atom. The summed E-state index contributed by atoms with van der Waals surface area (Å²) in [4.78, 5) is 43.6. The predicted molar refractivity (Wildman–Crippen MR) is 124 cm³/mol. The van der Waals surface area contributed by atoms with Crippen molar-refractivity contribution in [2.45, 2.75) is 37.8 Å². The quantitative estimate of drug-likeness (QED) is 0.407. The maximum atomic E-state index is 12.8. The van der Waals surface area contributed by atoms with Gasteiger partial charge >= 0.3 is 12.1 Å². The highest BCUT2D eigenvalue weighted by Crippen LogP contribution is 2.44. The van der Waals surface area contributed by atoms with E-state index in [4.69, 9.17) is 4.74 Å². The smallest absolute Gasteiger partial charge is 0.408 e. The maximum Gasteiger partial charge on any atom is 0.408 e. The van der Waals surface area contributed by atoms with E-state index < -0.39 is 29.6 Å². The third-order valence-corrected chi connectivity index (χ3v) is 5.91. The van der Waals surface area contributed by atoms with Crippen molar-refractivity contribution in [3.05, 3.63) is 77.9 Å². The first-order valence-corrected chi connectivity index (χ1v) is 10.9. The van der Waals surface area contributed by atoms with Crippen LogP contribution in [0.15, 0.2) is 61.1 Å². The van der Waals surface area contributed by atoms with Gasteiger partial charge in [0.15, 0.2) is 0 Å². The van der Waals surface area contributed by atoms with Crippen LogP contribution in [0.2, 0.25) is 0 Å². The summed E-state index contributed by atoms with van der Waals surface area (Å²) in [7, 11) is 0. The number of hydrogen-bond donors (Lipinski definition) is 4. The molecule has 34 heavy (non-hydrogen) atoms. The molecule has 2 aromatic carbocycles. The summed E-state index contributed by atoms with van der Waals surface area (Å²) in [6.45, 7) is 3.08. The number of nitrogens with one attached hydrogen (secondary N) is 3. The molecule has 1 heterocycles. The third kappa shape index (κ3) is 4.78. The first kappa shape index (κ1) is 23.0. The Balaban J connectivity index is 1.37. The van der Waals surface area contributed by atoms with Gasteiger partial charge in [-0.3, -0.25) is 4.79 Å². The second-order valence-electron chi connectivity index (χ2n) is 8.72. The van der Waals surface area contributed by atoms with Gasteiger partial charge in [0.05, 0.1) is 6.33 Å². The molecule has 3 aromatic rings.